The van der Waals surface area contributed by atoms with Gasteiger partial charge in [0, 0.05) is 38.1 Å². The number of para-hydroxylation sites is 1. The van der Waals surface area contributed by atoms with E-state index in [1.165, 1.54) is 5.69 Å². The van der Waals surface area contributed by atoms with Gasteiger partial charge in [-0.15, -0.1) is 0 Å². The fraction of sp³-hybridized carbons (Fsp3) is 0.316. The lowest BCUT2D eigenvalue weighted by Crippen LogP contribution is -2.53. The van der Waals surface area contributed by atoms with Gasteiger partial charge in [0.1, 0.15) is 0 Å². The minimum atomic E-state index is -0.230. The molecule has 26 heavy (non-hydrogen) atoms. The number of nitrogens with one attached hydrogen (secondary N) is 2. The molecule has 7 nitrogen and oxygen atoms in total. The lowest BCUT2D eigenvalue weighted by Gasteiger charge is -2.36. The quantitative estimate of drug-likeness (QED) is 0.848. The molecule has 1 aromatic heterocycles. The van der Waals surface area contributed by atoms with Crippen molar-refractivity contribution in [1.82, 2.24) is 20.5 Å². The van der Waals surface area contributed by atoms with E-state index in [2.05, 4.69) is 32.7 Å². The third-order valence-electron chi connectivity index (χ3n) is 4.28. The van der Waals surface area contributed by atoms with Gasteiger partial charge in [0.15, 0.2) is 0 Å². The molecule has 0 spiro atoms. The molecule has 0 radical (unpaired) electrons. The molecule has 3 rings (SSSR count). The van der Waals surface area contributed by atoms with Gasteiger partial charge in [0.2, 0.25) is 5.91 Å². The van der Waals surface area contributed by atoms with Crippen LogP contribution in [0.5, 0.6) is 0 Å². The maximum absolute atomic E-state index is 12.2. The van der Waals surface area contributed by atoms with E-state index in [1.807, 2.05) is 36.4 Å². The molecule has 2 aromatic rings. The van der Waals surface area contributed by atoms with Crippen LogP contribution in [0.4, 0.5) is 10.5 Å². The number of benzene rings is 1. The number of hydrogen-bond donors (Lipinski definition) is 2. The Balaban J connectivity index is 1.37. The van der Waals surface area contributed by atoms with E-state index in [4.69, 9.17) is 0 Å². The molecule has 0 atom stereocenters. The number of piperazine rings is 1. The summed E-state index contributed by atoms with van der Waals surface area (Å²) in [4.78, 5) is 32.2. The molecule has 2 N–H and O–H groups in total. The number of anilines is 1. The molecule has 1 aliphatic heterocycles. The van der Waals surface area contributed by atoms with E-state index in [-0.39, 0.29) is 18.5 Å². The summed E-state index contributed by atoms with van der Waals surface area (Å²) < 4.78 is 0. The Bertz CT molecular complexity index is 715. The van der Waals surface area contributed by atoms with Crippen LogP contribution < -0.4 is 15.5 Å². The van der Waals surface area contributed by atoms with Crippen LogP contribution in [-0.2, 0) is 11.3 Å². The molecule has 136 valence electrons. The molecular weight excluding hydrogens is 330 g/mol. The topological polar surface area (TPSA) is 77.6 Å². The minimum absolute atomic E-state index is 0.0371. The number of nitrogens with zero attached hydrogens (tertiary/aromatic N) is 3. The second kappa shape index (κ2) is 8.84. The summed E-state index contributed by atoms with van der Waals surface area (Å²) in [5, 5.41) is 5.42. The van der Waals surface area contributed by atoms with E-state index in [1.54, 1.807) is 11.1 Å². The smallest absolute Gasteiger partial charge is 0.317 e. The Morgan fingerprint density at radius 1 is 0.923 bits per heavy atom. The Morgan fingerprint density at radius 2 is 1.65 bits per heavy atom. The molecule has 1 fully saturated rings. The number of urea groups is 1. The lowest BCUT2D eigenvalue weighted by atomic mass is 10.2. The molecule has 1 saturated heterocycles. The zero-order chi connectivity index (χ0) is 18.2. The summed E-state index contributed by atoms with van der Waals surface area (Å²) in [6.07, 6.45) is 1.68. The average Bonchev–Trinajstić information content (AvgIpc) is 2.72. The van der Waals surface area contributed by atoms with Crippen molar-refractivity contribution in [2.24, 2.45) is 0 Å². The highest BCUT2D eigenvalue weighted by molar-refractivity contribution is 5.84. The summed E-state index contributed by atoms with van der Waals surface area (Å²) in [5.74, 6) is -0.230. The molecule has 0 aliphatic carbocycles. The fourth-order valence-electron chi connectivity index (χ4n) is 2.83. The number of amides is 3. The third kappa shape index (κ3) is 4.95. The second-order valence-electron chi connectivity index (χ2n) is 6.07. The maximum atomic E-state index is 12.2. The predicted octanol–water partition coefficient (Wildman–Crippen LogP) is 1.23. The summed E-state index contributed by atoms with van der Waals surface area (Å²) in [7, 11) is 0. The van der Waals surface area contributed by atoms with Crippen molar-refractivity contribution in [1.29, 1.82) is 0 Å². The first-order chi connectivity index (χ1) is 12.7. The number of pyridine rings is 1. The van der Waals surface area contributed by atoms with Crippen LogP contribution in [0.3, 0.4) is 0 Å². The summed E-state index contributed by atoms with van der Waals surface area (Å²) in [6, 6.07) is 15.5. The van der Waals surface area contributed by atoms with Gasteiger partial charge < -0.3 is 20.4 Å². The van der Waals surface area contributed by atoms with Crippen LogP contribution in [-0.4, -0.2) is 54.5 Å². The van der Waals surface area contributed by atoms with Crippen molar-refractivity contribution in [2.75, 3.05) is 37.6 Å². The maximum Gasteiger partial charge on any atom is 0.317 e. The van der Waals surface area contributed by atoms with Crippen LogP contribution in [0.25, 0.3) is 0 Å². The molecule has 1 aromatic carbocycles. The van der Waals surface area contributed by atoms with Crippen molar-refractivity contribution in [3.63, 3.8) is 0 Å². The largest absolute Gasteiger partial charge is 0.368 e. The Morgan fingerprint density at radius 3 is 2.35 bits per heavy atom. The zero-order valence-corrected chi connectivity index (χ0v) is 14.6. The van der Waals surface area contributed by atoms with Gasteiger partial charge in [-0.1, -0.05) is 24.3 Å². The van der Waals surface area contributed by atoms with E-state index in [0.29, 0.717) is 19.6 Å². The highest BCUT2D eigenvalue weighted by Gasteiger charge is 2.21. The standard InChI is InChI=1S/C19H23N5O2/c25-18(21-14-16-6-4-5-9-20-16)15-22-19(26)24-12-10-23(11-13-24)17-7-2-1-3-8-17/h1-9H,10-15H2,(H,21,25)(H,22,26). The molecule has 0 bridgehead atoms. The van der Waals surface area contributed by atoms with E-state index < -0.39 is 0 Å². The fourth-order valence-corrected chi connectivity index (χ4v) is 2.83. The Hall–Kier alpha value is -3.09. The average molecular weight is 353 g/mol. The summed E-state index contributed by atoms with van der Waals surface area (Å²) >= 11 is 0. The van der Waals surface area contributed by atoms with E-state index in [0.717, 1.165) is 18.8 Å². The molecule has 3 amide bonds. The van der Waals surface area contributed by atoms with Crippen LogP contribution in [0.2, 0.25) is 0 Å². The second-order valence-corrected chi connectivity index (χ2v) is 6.07. The van der Waals surface area contributed by atoms with Crippen LogP contribution >= 0.6 is 0 Å². The highest BCUT2D eigenvalue weighted by Crippen LogP contribution is 2.15. The Labute approximate surface area is 153 Å². The van der Waals surface area contributed by atoms with Gasteiger partial charge in [-0.3, -0.25) is 9.78 Å². The highest BCUT2D eigenvalue weighted by atomic mass is 16.2. The van der Waals surface area contributed by atoms with Gasteiger partial charge in [0.25, 0.3) is 0 Å². The number of aromatic nitrogens is 1. The SMILES string of the molecule is O=C(CNC(=O)N1CCN(c2ccccc2)CC1)NCc1ccccn1. The zero-order valence-electron chi connectivity index (χ0n) is 14.6. The van der Waals surface area contributed by atoms with Gasteiger partial charge >= 0.3 is 6.03 Å². The molecule has 2 heterocycles. The minimum Gasteiger partial charge on any atom is -0.368 e. The van der Waals surface area contributed by atoms with Crippen molar-refractivity contribution >= 4 is 17.6 Å². The molecule has 0 unspecified atom stereocenters. The van der Waals surface area contributed by atoms with Crippen molar-refractivity contribution in [2.45, 2.75) is 6.54 Å². The summed E-state index contributed by atoms with van der Waals surface area (Å²) in [5.41, 5.74) is 1.95. The molecule has 1 aliphatic rings. The van der Waals surface area contributed by atoms with Gasteiger partial charge in [-0.2, -0.15) is 0 Å². The third-order valence-corrected chi connectivity index (χ3v) is 4.28. The monoisotopic (exact) mass is 353 g/mol. The number of hydrogen-bond acceptors (Lipinski definition) is 4. The number of carbonyl (C=O) groups is 2. The molecule has 7 heteroatoms. The molecule has 0 saturated carbocycles. The van der Waals surface area contributed by atoms with Gasteiger partial charge in [-0.25, -0.2) is 4.79 Å². The van der Waals surface area contributed by atoms with Gasteiger partial charge in [0.05, 0.1) is 18.8 Å². The first kappa shape index (κ1) is 17.7. The van der Waals surface area contributed by atoms with Crippen molar-refractivity contribution in [3.05, 3.63) is 60.4 Å². The summed E-state index contributed by atoms with van der Waals surface area (Å²) in [6.45, 7) is 3.15. The number of rotatable bonds is 5. The van der Waals surface area contributed by atoms with Crippen molar-refractivity contribution in [3.8, 4) is 0 Å². The lowest BCUT2D eigenvalue weighted by molar-refractivity contribution is -0.120. The van der Waals surface area contributed by atoms with E-state index >= 15 is 0 Å². The first-order valence-electron chi connectivity index (χ1n) is 8.72. The predicted molar refractivity (Wildman–Crippen MR) is 99.7 cm³/mol. The van der Waals surface area contributed by atoms with Crippen LogP contribution in [0.1, 0.15) is 5.69 Å². The Kier molecular flexibility index (Phi) is 6.03. The number of carbonyl (C=O) groups excluding carboxylic acids is 2. The molecular formula is C19H23N5O2. The van der Waals surface area contributed by atoms with Crippen LogP contribution in [0.15, 0.2) is 54.7 Å². The van der Waals surface area contributed by atoms with Crippen molar-refractivity contribution < 1.29 is 9.59 Å². The normalized spacial score (nSPS) is 14.0. The first-order valence-corrected chi connectivity index (χ1v) is 8.72. The van der Waals surface area contributed by atoms with Gasteiger partial charge in [-0.05, 0) is 24.3 Å². The van der Waals surface area contributed by atoms with E-state index in [9.17, 15) is 9.59 Å². The van der Waals surface area contributed by atoms with Crippen LogP contribution in [0, 0.1) is 0 Å².